The SMILES string of the molecule is COc1ccc(NC(=O)[C@@H](C)Oc2ccc(C)cc2)cc1S(=O)(=O)N1CCOCC1. The van der Waals surface area contributed by atoms with Crippen LogP contribution >= 0.6 is 0 Å². The number of hydrogen-bond acceptors (Lipinski definition) is 6. The maximum absolute atomic E-state index is 13.1. The molecule has 1 fully saturated rings. The van der Waals surface area contributed by atoms with Gasteiger partial charge in [0.1, 0.15) is 16.4 Å². The Kier molecular flexibility index (Phi) is 6.96. The summed E-state index contributed by atoms with van der Waals surface area (Å²) in [6.45, 7) is 4.81. The van der Waals surface area contributed by atoms with Crippen molar-refractivity contribution in [1.82, 2.24) is 4.31 Å². The smallest absolute Gasteiger partial charge is 0.265 e. The predicted molar refractivity (Wildman–Crippen MR) is 112 cm³/mol. The number of benzene rings is 2. The summed E-state index contributed by atoms with van der Waals surface area (Å²) in [7, 11) is -2.38. The molecule has 30 heavy (non-hydrogen) atoms. The number of morpholine rings is 1. The van der Waals surface area contributed by atoms with Crippen molar-refractivity contribution < 1.29 is 27.4 Å². The highest BCUT2D eigenvalue weighted by Crippen LogP contribution is 2.30. The van der Waals surface area contributed by atoms with Crippen LogP contribution in [0.1, 0.15) is 12.5 Å². The molecule has 0 bridgehead atoms. The number of carbonyl (C=O) groups excluding carboxylic acids is 1. The Hall–Kier alpha value is -2.62. The first-order valence-corrected chi connectivity index (χ1v) is 11.1. The third-order valence-corrected chi connectivity index (χ3v) is 6.64. The van der Waals surface area contributed by atoms with Crippen LogP contribution < -0.4 is 14.8 Å². The van der Waals surface area contributed by atoms with Crippen molar-refractivity contribution in [3.8, 4) is 11.5 Å². The van der Waals surface area contributed by atoms with E-state index in [1.165, 1.54) is 23.5 Å². The third kappa shape index (κ3) is 5.10. The highest BCUT2D eigenvalue weighted by molar-refractivity contribution is 7.89. The first kappa shape index (κ1) is 22.1. The fourth-order valence-electron chi connectivity index (χ4n) is 3.00. The zero-order chi connectivity index (χ0) is 21.7. The number of nitrogens with zero attached hydrogens (tertiary/aromatic N) is 1. The van der Waals surface area contributed by atoms with Crippen LogP contribution in [0.2, 0.25) is 0 Å². The zero-order valence-electron chi connectivity index (χ0n) is 17.3. The first-order chi connectivity index (χ1) is 14.3. The molecule has 1 aliphatic heterocycles. The molecule has 0 aliphatic carbocycles. The predicted octanol–water partition coefficient (Wildman–Crippen LogP) is 2.43. The Morgan fingerprint density at radius 3 is 2.43 bits per heavy atom. The molecule has 1 atom stereocenters. The van der Waals surface area contributed by atoms with Gasteiger partial charge >= 0.3 is 0 Å². The number of ether oxygens (including phenoxy) is 3. The van der Waals surface area contributed by atoms with Crippen LogP contribution in [-0.4, -0.2) is 58.1 Å². The van der Waals surface area contributed by atoms with Gasteiger partial charge in [-0.25, -0.2) is 8.42 Å². The second-order valence-corrected chi connectivity index (χ2v) is 8.85. The topological polar surface area (TPSA) is 94.2 Å². The van der Waals surface area contributed by atoms with Crippen LogP contribution in [0.25, 0.3) is 0 Å². The minimum Gasteiger partial charge on any atom is -0.495 e. The van der Waals surface area contributed by atoms with E-state index in [-0.39, 0.29) is 23.7 Å². The Labute approximate surface area is 176 Å². The summed E-state index contributed by atoms with van der Waals surface area (Å²) < 4.78 is 43.6. The molecule has 1 amide bonds. The van der Waals surface area contributed by atoms with E-state index in [0.29, 0.717) is 24.7 Å². The van der Waals surface area contributed by atoms with E-state index in [4.69, 9.17) is 14.2 Å². The molecule has 9 heteroatoms. The van der Waals surface area contributed by atoms with Crippen LogP contribution in [0.3, 0.4) is 0 Å². The van der Waals surface area contributed by atoms with Gasteiger partial charge in [-0.15, -0.1) is 0 Å². The van der Waals surface area contributed by atoms with Gasteiger partial charge in [0, 0.05) is 18.8 Å². The van der Waals surface area contributed by atoms with Gasteiger partial charge < -0.3 is 19.5 Å². The number of anilines is 1. The highest BCUT2D eigenvalue weighted by Gasteiger charge is 2.30. The summed E-state index contributed by atoms with van der Waals surface area (Å²) in [5.74, 6) is 0.396. The van der Waals surface area contributed by atoms with E-state index >= 15 is 0 Å². The minimum atomic E-state index is -3.79. The van der Waals surface area contributed by atoms with Gasteiger partial charge in [0.2, 0.25) is 10.0 Å². The number of carbonyl (C=O) groups is 1. The van der Waals surface area contributed by atoms with Crippen molar-refractivity contribution in [1.29, 1.82) is 0 Å². The highest BCUT2D eigenvalue weighted by atomic mass is 32.2. The maximum atomic E-state index is 13.1. The van der Waals surface area contributed by atoms with Gasteiger partial charge in [-0.05, 0) is 44.2 Å². The summed E-state index contributed by atoms with van der Waals surface area (Å²) in [4.78, 5) is 12.6. The summed E-state index contributed by atoms with van der Waals surface area (Å²) >= 11 is 0. The molecule has 3 rings (SSSR count). The molecule has 1 aliphatic rings. The molecular formula is C21H26N2O6S. The van der Waals surface area contributed by atoms with E-state index in [1.54, 1.807) is 25.1 Å². The molecule has 0 unspecified atom stereocenters. The molecule has 0 radical (unpaired) electrons. The van der Waals surface area contributed by atoms with Gasteiger partial charge in [0.25, 0.3) is 5.91 Å². The molecule has 1 N–H and O–H groups in total. The van der Waals surface area contributed by atoms with Gasteiger partial charge in [0.15, 0.2) is 6.10 Å². The Morgan fingerprint density at radius 2 is 1.80 bits per heavy atom. The fraction of sp³-hybridized carbons (Fsp3) is 0.381. The lowest BCUT2D eigenvalue weighted by atomic mass is 10.2. The number of methoxy groups -OCH3 is 1. The molecule has 1 saturated heterocycles. The van der Waals surface area contributed by atoms with E-state index in [9.17, 15) is 13.2 Å². The van der Waals surface area contributed by atoms with Gasteiger partial charge in [-0.3, -0.25) is 4.79 Å². The number of rotatable bonds is 7. The normalized spacial score (nSPS) is 16.0. The zero-order valence-corrected chi connectivity index (χ0v) is 18.1. The van der Waals surface area contributed by atoms with Crippen molar-refractivity contribution in [2.24, 2.45) is 0 Å². The van der Waals surface area contributed by atoms with Gasteiger partial charge in [0.05, 0.1) is 20.3 Å². The lowest BCUT2D eigenvalue weighted by Gasteiger charge is -2.27. The van der Waals surface area contributed by atoms with Crippen molar-refractivity contribution in [2.75, 3.05) is 38.7 Å². The summed E-state index contributed by atoms with van der Waals surface area (Å²) in [6, 6.07) is 11.9. The molecule has 0 saturated carbocycles. The Morgan fingerprint density at radius 1 is 1.13 bits per heavy atom. The van der Waals surface area contributed by atoms with E-state index in [2.05, 4.69) is 5.32 Å². The van der Waals surface area contributed by atoms with E-state index in [1.807, 2.05) is 19.1 Å². The standard InChI is InChI=1S/C21H26N2O6S/c1-15-4-7-18(8-5-15)29-16(2)21(24)22-17-6-9-19(27-3)20(14-17)30(25,26)23-10-12-28-13-11-23/h4-9,14,16H,10-13H2,1-3H3,(H,22,24)/t16-/m1/s1. The molecular weight excluding hydrogens is 408 g/mol. The van der Waals surface area contributed by atoms with Gasteiger partial charge in [-0.2, -0.15) is 4.31 Å². The number of hydrogen-bond donors (Lipinski definition) is 1. The summed E-state index contributed by atoms with van der Waals surface area (Å²) in [5.41, 5.74) is 1.43. The first-order valence-electron chi connectivity index (χ1n) is 9.61. The Balaban J connectivity index is 1.77. The van der Waals surface area contributed by atoms with Crippen LogP contribution in [0.5, 0.6) is 11.5 Å². The second kappa shape index (κ2) is 9.46. The van der Waals surface area contributed by atoms with Crippen LogP contribution in [0.4, 0.5) is 5.69 Å². The molecule has 8 nitrogen and oxygen atoms in total. The van der Waals surface area contributed by atoms with Gasteiger partial charge in [-0.1, -0.05) is 17.7 Å². The molecule has 0 spiro atoms. The van der Waals surface area contributed by atoms with Crippen molar-refractivity contribution in [3.63, 3.8) is 0 Å². The number of aryl methyl sites for hydroxylation is 1. The monoisotopic (exact) mass is 434 g/mol. The minimum absolute atomic E-state index is 0.00296. The van der Waals surface area contributed by atoms with Crippen LogP contribution in [0.15, 0.2) is 47.4 Å². The largest absolute Gasteiger partial charge is 0.495 e. The second-order valence-electron chi connectivity index (χ2n) is 6.94. The lowest BCUT2D eigenvalue weighted by Crippen LogP contribution is -2.40. The van der Waals surface area contributed by atoms with Crippen molar-refractivity contribution >= 4 is 21.6 Å². The fourth-order valence-corrected chi connectivity index (χ4v) is 4.59. The quantitative estimate of drug-likeness (QED) is 0.719. The maximum Gasteiger partial charge on any atom is 0.265 e. The van der Waals surface area contributed by atoms with E-state index in [0.717, 1.165) is 5.56 Å². The van der Waals surface area contributed by atoms with Crippen molar-refractivity contribution in [2.45, 2.75) is 24.8 Å². The lowest BCUT2D eigenvalue weighted by molar-refractivity contribution is -0.122. The average Bonchev–Trinajstić information content (AvgIpc) is 2.75. The molecule has 2 aromatic rings. The van der Waals surface area contributed by atoms with Crippen LogP contribution in [0, 0.1) is 6.92 Å². The molecule has 1 heterocycles. The molecule has 2 aromatic carbocycles. The summed E-state index contributed by atoms with van der Waals surface area (Å²) in [6.07, 6.45) is -0.769. The Bertz CT molecular complexity index is 985. The molecule has 0 aromatic heterocycles. The molecule has 162 valence electrons. The number of nitrogens with one attached hydrogen (secondary N) is 1. The number of sulfonamides is 1. The van der Waals surface area contributed by atoms with Crippen LogP contribution in [-0.2, 0) is 19.6 Å². The van der Waals surface area contributed by atoms with Crippen molar-refractivity contribution in [3.05, 3.63) is 48.0 Å². The third-order valence-electron chi connectivity index (χ3n) is 4.72. The average molecular weight is 435 g/mol. The number of amides is 1. The summed E-state index contributed by atoms with van der Waals surface area (Å²) in [5, 5.41) is 2.71. The van der Waals surface area contributed by atoms with E-state index < -0.39 is 22.0 Å².